The molecule has 3 amide bonds. The highest BCUT2D eigenvalue weighted by molar-refractivity contribution is 9.10. The van der Waals surface area contributed by atoms with E-state index in [2.05, 4.69) is 36.9 Å². The van der Waals surface area contributed by atoms with Crippen molar-refractivity contribution in [2.45, 2.75) is 69.9 Å². The number of amides is 3. The molecule has 0 aliphatic carbocycles. The summed E-state index contributed by atoms with van der Waals surface area (Å²) in [6, 6.07) is 5.93. The van der Waals surface area contributed by atoms with Crippen molar-refractivity contribution in [3.63, 3.8) is 0 Å². The molecule has 2 atom stereocenters. The fourth-order valence-electron chi connectivity index (χ4n) is 3.64. The number of aliphatic imine (C=N–C) groups is 1. The first-order valence-corrected chi connectivity index (χ1v) is 13.6. The molecule has 0 bridgehead atoms. The van der Waals surface area contributed by atoms with E-state index < -0.39 is 18.0 Å². The molecule has 208 valence electrons. The third-order valence-corrected chi connectivity index (χ3v) is 6.44. The van der Waals surface area contributed by atoms with Gasteiger partial charge in [-0.25, -0.2) is 0 Å². The highest BCUT2D eigenvalue weighted by atomic mass is 79.9. The number of guanidine groups is 1. The van der Waals surface area contributed by atoms with Gasteiger partial charge in [0.2, 0.25) is 17.7 Å². The fourth-order valence-corrected chi connectivity index (χ4v) is 4.06. The highest BCUT2D eigenvalue weighted by Gasteiger charge is 2.26. The number of nitrogens with zero attached hydrogens (tertiary/aromatic N) is 1. The predicted octanol–water partition coefficient (Wildman–Crippen LogP) is 0.389. The van der Waals surface area contributed by atoms with E-state index in [0.717, 1.165) is 29.3 Å². The van der Waals surface area contributed by atoms with Crippen molar-refractivity contribution < 1.29 is 14.4 Å². The molecule has 0 saturated carbocycles. The summed E-state index contributed by atoms with van der Waals surface area (Å²) in [6.07, 6.45) is 5.23. The minimum absolute atomic E-state index is 0.0382. The van der Waals surface area contributed by atoms with Crippen LogP contribution in [0, 0.1) is 0 Å². The summed E-state index contributed by atoms with van der Waals surface area (Å²) >= 11 is 3.45. The number of hydrogen-bond acceptors (Lipinski definition) is 6. The monoisotopic (exact) mass is 582 g/mol. The van der Waals surface area contributed by atoms with Crippen molar-refractivity contribution in [1.82, 2.24) is 16.0 Å². The van der Waals surface area contributed by atoms with Crippen LogP contribution in [0.2, 0.25) is 0 Å². The molecular weight excluding hydrogens is 540 g/mol. The maximum Gasteiger partial charge on any atom is 0.243 e. The van der Waals surface area contributed by atoms with E-state index in [4.69, 9.17) is 22.9 Å². The van der Waals surface area contributed by atoms with Crippen molar-refractivity contribution >= 4 is 39.6 Å². The predicted molar refractivity (Wildman–Crippen MR) is 150 cm³/mol. The van der Waals surface area contributed by atoms with Gasteiger partial charge in [0, 0.05) is 17.6 Å². The van der Waals surface area contributed by atoms with E-state index in [1.54, 1.807) is 0 Å². The lowest BCUT2D eigenvalue weighted by molar-refractivity contribution is -0.132. The summed E-state index contributed by atoms with van der Waals surface area (Å²) in [7, 11) is 0. The molecule has 1 rings (SSSR count). The largest absolute Gasteiger partial charge is 0.370 e. The maximum atomic E-state index is 13.2. The lowest BCUT2D eigenvalue weighted by Gasteiger charge is -2.23. The van der Waals surface area contributed by atoms with Crippen LogP contribution in [0.1, 0.15) is 56.9 Å². The zero-order valence-corrected chi connectivity index (χ0v) is 23.1. The number of nitrogens with two attached hydrogens (primary N) is 4. The lowest BCUT2D eigenvalue weighted by atomic mass is 10.0. The second kappa shape index (κ2) is 19.4. The normalized spacial score (nSPS) is 12.3. The van der Waals surface area contributed by atoms with E-state index >= 15 is 0 Å². The average molecular weight is 584 g/mol. The second-order valence-electron chi connectivity index (χ2n) is 8.82. The molecule has 0 fully saturated rings. The summed E-state index contributed by atoms with van der Waals surface area (Å²) in [5, 5.41) is 8.56. The van der Waals surface area contributed by atoms with Gasteiger partial charge in [-0.3, -0.25) is 19.4 Å². The third kappa shape index (κ3) is 14.6. The van der Waals surface area contributed by atoms with Crippen molar-refractivity contribution in [3.8, 4) is 0 Å². The third-order valence-electron chi connectivity index (χ3n) is 5.67. The molecule has 37 heavy (non-hydrogen) atoms. The Morgan fingerprint density at radius 2 is 1.46 bits per heavy atom. The molecule has 0 aliphatic heterocycles. The molecule has 12 heteroatoms. The molecule has 0 unspecified atom stereocenters. The Kier molecular flexibility index (Phi) is 17.0. The van der Waals surface area contributed by atoms with E-state index in [1.165, 1.54) is 0 Å². The number of carbonyl (C=O) groups excluding carboxylic acids is 3. The Hall–Kier alpha value is -2.70. The van der Waals surface area contributed by atoms with Gasteiger partial charge in [0.25, 0.3) is 0 Å². The van der Waals surface area contributed by atoms with Crippen LogP contribution in [0.5, 0.6) is 0 Å². The van der Waals surface area contributed by atoms with Crippen LogP contribution >= 0.6 is 15.9 Å². The standard InChI is InChI=1S/C25H43BrN8O3/c26-19-10-2-1-9-18(19)17-22(35)33-21(12-4-6-14-28)24(37)34-20(11-3-5-13-27)23(36)31-15-7-8-16-32-25(29)30/h1-2,9-10,20-21H,3-8,11-17,27-28H2,(H,31,36)(H,33,35)(H,34,37)(H4,29,30,32)/t20-,21-/m0/s1. The first-order chi connectivity index (χ1) is 17.8. The summed E-state index contributed by atoms with van der Waals surface area (Å²) in [4.78, 5) is 42.7. The van der Waals surface area contributed by atoms with Crippen LogP contribution in [-0.2, 0) is 20.8 Å². The molecule has 1 aromatic rings. The van der Waals surface area contributed by atoms with Crippen LogP contribution in [0.4, 0.5) is 0 Å². The molecule has 0 spiro atoms. The molecule has 0 aromatic heterocycles. The quantitative estimate of drug-likeness (QED) is 0.0693. The molecule has 0 radical (unpaired) electrons. The SMILES string of the molecule is NCCCC[C@H](NC(=O)Cc1ccccc1Br)C(=O)N[C@@H](CCCCN)C(=O)NCCCCN=C(N)N. The molecule has 0 heterocycles. The minimum atomic E-state index is -0.772. The highest BCUT2D eigenvalue weighted by Crippen LogP contribution is 2.16. The number of unbranched alkanes of at least 4 members (excludes halogenated alkanes) is 3. The molecule has 11 N–H and O–H groups in total. The summed E-state index contributed by atoms with van der Waals surface area (Å²) in [5.74, 6) is -0.897. The number of benzene rings is 1. The molecule has 11 nitrogen and oxygen atoms in total. The van der Waals surface area contributed by atoms with E-state index in [1.807, 2.05) is 24.3 Å². The molecule has 0 saturated heterocycles. The van der Waals surface area contributed by atoms with Crippen LogP contribution in [-0.4, -0.2) is 61.9 Å². The zero-order valence-electron chi connectivity index (χ0n) is 21.5. The van der Waals surface area contributed by atoms with Gasteiger partial charge in [-0.15, -0.1) is 0 Å². The van der Waals surface area contributed by atoms with Gasteiger partial charge < -0.3 is 38.9 Å². The van der Waals surface area contributed by atoms with E-state index in [9.17, 15) is 14.4 Å². The van der Waals surface area contributed by atoms with Gasteiger partial charge in [-0.1, -0.05) is 34.1 Å². The van der Waals surface area contributed by atoms with E-state index in [0.29, 0.717) is 58.3 Å². The summed E-state index contributed by atoms with van der Waals surface area (Å²) in [5.41, 5.74) is 22.7. The fraction of sp³-hybridized carbons (Fsp3) is 0.600. The summed E-state index contributed by atoms with van der Waals surface area (Å²) in [6.45, 7) is 1.91. The molecular formula is C25H43BrN8O3. The van der Waals surface area contributed by atoms with Gasteiger partial charge in [-0.2, -0.15) is 0 Å². The Morgan fingerprint density at radius 1 is 0.838 bits per heavy atom. The van der Waals surface area contributed by atoms with Gasteiger partial charge in [0.15, 0.2) is 5.96 Å². The van der Waals surface area contributed by atoms with Crippen LogP contribution in [0.25, 0.3) is 0 Å². The Bertz CT molecular complexity index is 864. The minimum Gasteiger partial charge on any atom is -0.370 e. The van der Waals surface area contributed by atoms with E-state index in [-0.39, 0.29) is 24.2 Å². The smallest absolute Gasteiger partial charge is 0.243 e. The maximum absolute atomic E-state index is 13.2. The van der Waals surface area contributed by atoms with Crippen LogP contribution in [0.3, 0.4) is 0 Å². The van der Waals surface area contributed by atoms with Gasteiger partial charge in [-0.05, 0) is 76.1 Å². The van der Waals surface area contributed by atoms with Crippen molar-refractivity contribution in [3.05, 3.63) is 34.3 Å². The summed E-state index contributed by atoms with van der Waals surface area (Å²) < 4.78 is 0.823. The number of hydrogen-bond donors (Lipinski definition) is 7. The second-order valence-corrected chi connectivity index (χ2v) is 9.68. The van der Waals surface area contributed by atoms with Gasteiger partial charge in [0.05, 0.1) is 6.42 Å². The molecule has 1 aromatic carbocycles. The van der Waals surface area contributed by atoms with Crippen LogP contribution in [0.15, 0.2) is 33.7 Å². The Morgan fingerprint density at radius 3 is 2.05 bits per heavy atom. The topological polar surface area (TPSA) is 204 Å². The van der Waals surface area contributed by atoms with Crippen molar-refractivity contribution in [2.75, 3.05) is 26.2 Å². The van der Waals surface area contributed by atoms with Gasteiger partial charge in [0.1, 0.15) is 12.1 Å². The van der Waals surface area contributed by atoms with Crippen LogP contribution < -0.4 is 38.9 Å². The average Bonchev–Trinajstić information content (AvgIpc) is 2.86. The van der Waals surface area contributed by atoms with Gasteiger partial charge >= 0.3 is 0 Å². The number of halogens is 1. The Labute approximate surface area is 228 Å². The first kappa shape index (κ1) is 32.3. The Balaban J connectivity index is 2.78. The van der Waals surface area contributed by atoms with Crippen molar-refractivity contribution in [2.24, 2.45) is 27.9 Å². The molecule has 0 aliphatic rings. The lowest BCUT2D eigenvalue weighted by Crippen LogP contribution is -2.54. The number of nitrogens with one attached hydrogen (secondary N) is 3. The first-order valence-electron chi connectivity index (χ1n) is 12.8. The zero-order chi connectivity index (χ0) is 27.5. The number of carbonyl (C=O) groups is 3. The number of rotatable bonds is 19. The van der Waals surface area contributed by atoms with Crippen molar-refractivity contribution in [1.29, 1.82) is 0 Å².